The maximum absolute atomic E-state index is 5.91. The Hall–Kier alpha value is -2.42. The van der Waals surface area contributed by atoms with Gasteiger partial charge in [0.25, 0.3) is 0 Å². The number of para-hydroxylation sites is 1. The fraction of sp³-hybridized carbons (Fsp3) is 0.222. The van der Waals surface area contributed by atoms with E-state index in [4.69, 9.17) is 9.47 Å². The minimum absolute atomic E-state index is 0.551. The molecule has 0 spiro atoms. The topological polar surface area (TPSA) is 23.4 Å². The largest absolute Gasteiger partial charge is 0.497 e. The van der Waals surface area contributed by atoms with Crippen LogP contribution in [0.4, 0.5) is 0 Å². The minimum Gasteiger partial charge on any atom is -0.497 e. The van der Waals surface area contributed by atoms with Crippen LogP contribution >= 0.6 is 0 Å². The Kier molecular flexibility index (Phi) is 3.82. The third-order valence-corrected chi connectivity index (χ3v) is 3.64. The Labute approximate surface area is 124 Å². The molecule has 0 aliphatic heterocycles. The van der Waals surface area contributed by atoms with E-state index < -0.39 is 0 Å². The summed E-state index contributed by atoms with van der Waals surface area (Å²) in [5.74, 6) is 1.63. The molecule has 0 saturated carbocycles. The third kappa shape index (κ3) is 2.72. The zero-order chi connectivity index (χ0) is 14.7. The molecule has 0 aliphatic rings. The zero-order valence-corrected chi connectivity index (χ0v) is 12.4. The molecule has 21 heavy (non-hydrogen) atoms. The van der Waals surface area contributed by atoms with E-state index >= 15 is 0 Å². The van der Waals surface area contributed by atoms with Gasteiger partial charge >= 0.3 is 0 Å². The average Bonchev–Trinajstić information content (AvgIpc) is 2.90. The number of nitrogens with zero attached hydrogens (tertiary/aromatic N) is 1. The molecule has 0 bridgehead atoms. The Morgan fingerprint density at radius 3 is 2.57 bits per heavy atom. The number of methoxy groups -OCH3 is 1. The summed E-state index contributed by atoms with van der Waals surface area (Å²) in [5, 5.41) is 1.25. The Balaban J connectivity index is 1.84. The monoisotopic (exact) mass is 281 g/mol. The SMILES string of the molecule is CCn1c(COc2cccc(OC)c2)cc2ccccc21. The van der Waals surface area contributed by atoms with Crippen molar-refractivity contribution in [2.45, 2.75) is 20.1 Å². The molecule has 0 amide bonds. The zero-order valence-electron chi connectivity index (χ0n) is 12.4. The molecular formula is C18H19NO2. The van der Waals surface area contributed by atoms with Crippen LogP contribution in [0.25, 0.3) is 10.9 Å². The maximum atomic E-state index is 5.91. The Bertz CT molecular complexity index is 746. The number of aryl methyl sites for hydroxylation is 1. The number of rotatable bonds is 5. The molecule has 0 aliphatic carbocycles. The van der Waals surface area contributed by atoms with Crippen LogP contribution in [0.3, 0.4) is 0 Å². The highest BCUT2D eigenvalue weighted by Crippen LogP contribution is 2.23. The molecule has 0 atom stereocenters. The van der Waals surface area contributed by atoms with E-state index in [2.05, 4.69) is 41.8 Å². The lowest BCUT2D eigenvalue weighted by Gasteiger charge is -2.10. The lowest BCUT2D eigenvalue weighted by Crippen LogP contribution is -2.04. The summed E-state index contributed by atoms with van der Waals surface area (Å²) in [7, 11) is 1.66. The van der Waals surface area contributed by atoms with E-state index in [1.54, 1.807) is 7.11 Å². The van der Waals surface area contributed by atoms with Gasteiger partial charge in [-0.25, -0.2) is 0 Å². The van der Waals surface area contributed by atoms with Crippen LogP contribution in [0.5, 0.6) is 11.5 Å². The van der Waals surface area contributed by atoms with E-state index in [0.29, 0.717) is 6.61 Å². The van der Waals surface area contributed by atoms with Crippen LogP contribution in [-0.4, -0.2) is 11.7 Å². The van der Waals surface area contributed by atoms with E-state index in [9.17, 15) is 0 Å². The molecule has 3 heteroatoms. The molecule has 0 fully saturated rings. The number of benzene rings is 2. The van der Waals surface area contributed by atoms with Gasteiger partial charge in [-0.1, -0.05) is 24.3 Å². The van der Waals surface area contributed by atoms with E-state index in [-0.39, 0.29) is 0 Å². The summed E-state index contributed by atoms with van der Waals surface area (Å²) in [6, 6.07) is 18.3. The second-order valence-electron chi connectivity index (χ2n) is 4.91. The molecule has 108 valence electrons. The van der Waals surface area contributed by atoms with Crippen molar-refractivity contribution in [2.75, 3.05) is 7.11 Å². The summed E-state index contributed by atoms with van der Waals surface area (Å²) in [6.45, 7) is 3.64. The second kappa shape index (κ2) is 5.92. The maximum Gasteiger partial charge on any atom is 0.128 e. The van der Waals surface area contributed by atoms with Crippen molar-refractivity contribution in [3.05, 3.63) is 60.3 Å². The minimum atomic E-state index is 0.551. The second-order valence-corrected chi connectivity index (χ2v) is 4.91. The van der Waals surface area contributed by atoms with Crippen LogP contribution in [0.15, 0.2) is 54.6 Å². The van der Waals surface area contributed by atoms with Gasteiger partial charge in [-0.2, -0.15) is 0 Å². The summed E-state index contributed by atoms with van der Waals surface area (Å²) >= 11 is 0. The lowest BCUT2D eigenvalue weighted by molar-refractivity contribution is 0.294. The Morgan fingerprint density at radius 1 is 0.952 bits per heavy atom. The quantitative estimate of drug-likeness (QED) is 0.698. The lowest BCUT2D eigenvalue weighted by atomic mass is 10.2. The van der Waals surface area contributed by atoms with E-state index in [1.165, 1.54) is 16.6 Å². The summed E-state index contributed by atoms with van der Waals surface area (Å²) < 4.78 is 13.4. The number of hydrogen-bond donors (Lipinski definition) is 0. The molecule has 2 aromatic carbocycles. The fourth-order valence-electron chi connectivity index (χ4n) is 2.61. The predicted molar refractivity (Wildman–Crippen MR) is 84.9 cm³/mol. The highest BCUT2D eigenvalue weighted by molar-refractivity contribution is 5.81. The van der Waals surface area contributed by atoms with Gasteiger partial charge in [0.05, 0.1) is 12.8 Å². The molecule has 3 aromatic rings. The van der Waals surface area contributed by atoms with Crippen molar-refractivity contribution < 1.29 is 9.47 Å². The van der Waals surface area contributed by atoms with Gasteiger partial charge in [0, 0.05) is 18.1 Å². The molecule has 1 heterocycles. The molecule has 0 saturated heterocycles. The molecule has 1 aromatic heterocycles. The Morgan fingerprint density at radius 2 is 1.76 bits per heavy atom. The number of ether oxygens (including phenoxy) is 2. The molecule has 3 nitrogen and oxygen atoms in total. The number of hydrogen-bond acceptors (Lipinski definition) is 2. The van der Waals surface area contributed by atoms with E-state index in [0.717, 1.165) is 18.0 Å². The van der Waals surface area contributed by atoms with Gasteiger partial charge < -0.3 is 14.0 Å². The van der Waals surface area contributed by atoms with Crippen LogP contribution in [0, 0.1) is 0 Å². The van der Waals surface area contributed by atoms with Crippen molar-refractivity contribution in [3.63, 3.8) is 0 Å². The summed E-state index contributed by atoms with van der Waals surface area (Å²) in [5.41, 5.74) is 2.44. The van der Waals surface area contributed by atoms with Crippen molar-refractivity contribution in [3.8, 4) is 11.5 Å². The molecule has 0 radical (unpaired) electrons. The fourth-order valence-corrected chi connectivity index (χ4v) is 2.61. The average molecular weight is 281 g/mol. The van der Waals surface area contributed by atoms with Crippen molar-refractivity contribution in [1.29, 1.82) is 0 Å². The van der Waals surface area contributed by atoms with E-state index in [1.807, 2.05) is 24.3 Å². The molecule has 0 N–H and O–H groups in total. The first-order chi connectivity index (χ1) is 10.3. The van der Waals surface area contributed by atoms with Gasteiger partial charge in [0.1, 0.15) is 18.1 Å². The normalized spacial score (nSPS) is 10.8. The first-order valence-corrected chi connectivity index (χ1v) is 7.16. The van der Waals surface area contributed by atoms with Gasteiger partial charge in [-0.3, -0.25) is 0 Å². The van der Waals surface area contributed by atoms with Crippen LogP contribution in [0.1, 0.15) is 12.6 Å². The number of aromatic nitrogens is 1. The van der Waals surface area contributed by atoms with Gasteiger partial charge in [0.2, 0.25) is 0 Å². The molecule has 0 unspecified atom stereocenters. The predicted octanol–water partition coefficient (Wildman–Crippen LogP) is 4.25. The van der Waals surface area contributed by atoms with Gasteiger partial charge in [-0.15, -0.1) is 0 Å². The first kappa shape index (κ1) is 13.6. The van der Waals surface area contributed by atoms with Crippen LogP contribution < -0.4 is 9.47 Å². The van der Waals surface area contributed by atoms with Crippen LogP contribution in [-0.2, 0) is 13.2 Å². The summed E-state index contributed by atoms with van der Waals surface area (Å²) in [4.78, 5) is 0. The smallest absolute Gasteiger partial charge is 0.128 e. The molecule has 3 rings (SSSR count). The first-order valence-electron chi connectivity index (χ1n) is 7.16. The standard InChI is InChI=1S/C18H19NO2/c1-3-19-15(11-14-7-4-5-10-18(14)19)13-21-17-9-6-8-16(12-17)20-2/h4-12H,3,13H2,1-2H3. The highest BCUT2D eigenvalue weighted by atomic mass is 16.5. The van der Waals surface area contributed by atoms with Crippen molar-refractivity contribution in [1.82, 2.24) is 4.57 Å². The van der Waals surface area contributed by atoms with Gasteiger partial charge in [-0.05, 0) is 36.6 Å². The summed E-state index contributed by atoms with van der Waals surface area (Å²) in [6.07, 6.45) is 0. The van der Waals surface area contributed by atoms with Crippen molar-refractivity contribution >= 4 is 10.9 Å². The van der Waals surface area contributed by atoms with Crippen molar-refractivity contribution in [2.24, 2.45) is 0 Å². The highest BCUT2D eigenvalue weighted by Gasteiger charge is 2.07. The van der Waals surface area contributed by atoms with Crippen LogP contribution in [0.2, 0.25) is 0 Å². The number of fused-ring (bicyclic) bond motifs is 1. The van der Waals surface area contributed by atoms with Gasteiger partial charge in [0.15, 0.2) is 0 Å². The third-order valence-electron chi connectivity index (χ3n) is 3.64. The molecular weight excluding hydrogens is 262 g/mol.